The highest BCUT2D eigenvalue weighted by Gasteiger charge is 2.32. The van der Waals surface area contributed by atoms with Gasteiger partial charge in [0.25, 0.3) is 5.91 Å². The number of hydrogen-bond acceptors (Lipinski definition) is 5. The minimum Gasteiger partial charge on any atom is -0.331 e. The highest BCUT2D eigenvalue weighted by molar-refractivity contribution is 5.94. The van der Waals surface area contributed by atoms with E-state index in [0.717, 1.165) is 24.1 Å². The monoisotopic (exact) mass is 369 g/mol. The summed E-state index contributed by atoms with van der Waals surface area (Å²) in [7, 11) is 0. The molecule has 2 aliphatic rings. The van der Waals surface area contributed by atoms with Gasteiger partial charge in [-0.2, -0.15) is 5.10 Å². The number of fused-ring (bicyclic) bond motifs is 1. The lowest BCUT2D eigenvalue weighted by molar-refractivity contribution is -0.198. The number of amides is 2. The number of aromatic nitrogens is 3. The number of hydroxylamine groups is 2. The van der Waals surface area contributed by atoms with Crippen molar-refractivity contribution in [3.63, 3.8) is 0 Å². The van der Waals surface area contributed by atoms with Crippen LogP contribution in [0.15, 0.2) is 30.7 Å². The molecule has 8 heteroatoms. The van der Waals surface area contributed by atoms with Crippen LogP contribution < -0.4 is 0 Å². The van der Waals surface area contributed by atoms with Crippen LogP contribution in [-0.2, 0) is 16.2 Å². The molecule has 0 aliphatic carbocycles. The molecule has 4 rings (SSSR count). The number of aryl methyl sites for hydroxylation is 1. The molecule has 1 fully saturated rings. The highest BCUT2D eigenvalue weighted by atomic mass is 16.7. The molecule has 142 valence electrons. The number of carbonyl (C=O) groups is 2. The van der Waals surface area contributed by atoms with Gasteiger partial charge < -0.3 is 4.90 Å². The lowest BCUT2D eigenvalue weighted by atomic mass is 10.1. The summed E-state index contributed by atoms with van der Waals surface area (Å²) in [6.45, 7) is 4.01. The van der Waals surface area contributed by atoms with Crippen LogP contribution in [0, 0.1) is 6.92 Å². The maximum absolute atomic E-state index is 13.0. The third kappa shape index (κ3) is 3.71. The zero-order valence-corrected chi connectivity index (χ0v) is 15.4. The van der Waals surface area contributed by atoms with E-state index in [9.17, 15) is 9.59 Å². The van der Waals surface area contributed by atoms with Gasteiger partial charge in [-0.25, -0.2) is 5.06 Å². The molecule has 0 bridgehead atoms. The molecule has 1 saturated heterocycles. The second-order valence-electron chi connectivity index (χ2n) is 7.10. The topological polar surface area (TPSA) is 80.6 Å². The smallest absolute Gasteiger partial charge is 0.255 e. The first kappa shape index (κ1) is 17.7. The van der Waals surface area contributed by atoms with Gasteiger partial charge in [0.05, 0.1) is 36.9 Å². The Bertz CT molecular complexity index is 843. The minimum absolute atomic E-state index is 0.0623. The summed E-state index contributed by atoms with van der Waals surface area (Å²) in [5, 5.41) is 5.83. The number of nitrogens with zero attached hydrogens (tertiary/aromatic N) is 5. The van der Waals surface area contributed by atoms with E-state index in [1.165, 1.54) is 5.06 Å². The molecular formula is C19H23N5O3. The fourth-order valence-corrected chi connectivity index (χ4v) is 3.64. The minimum atomic E-state index is -0.205. The fourth-order valence-electron chi connectivity index (χ4n) is 3.64. The first-order valence-electron chi connectivity index (χ1n) is 9.28. The zero-order chi connectivity index (χ0) is 18.8. The Morgan fingerprint density at radius 1 is 1.30 bits per heavy atom. The van der Waals surface area contributed by atoms with Crippen molar-refractivity contribution < 1.29 is 14.4 Å². The van der Waals surface area contributed by atoms with Crippen LogP contribution in [0.4, 0.5) is 0 Å². The normalized spacial score (nSPS) is 19.7. The van der Waals surface area contributed by atoms with Gasteiger partial charge in [-0.1, -0.05) is 0 Å². The number of pyridine rings is 1. The maximum atomic E-state index is 13.0. The molecular weight excluding hydrogens is 346 g/mol. The van der Waals surface area contributed by atoms with Crippen LogP contribution in [-0.4, -0.2) is 56.2 Å². The Hall–Kier alpha value is -2.74. The molecule has 27 heavy (non-hydrogen) atoms. The average Bonchev–Trinajstić information content (AvgIpc) is 3.17. The summed E-state index contributed by atoms with van der Waals surface area (Å²) in [5.41, 5.74) is 2.43. The van der Waals surface area contributed by atoms with E-state index in [1.807, 2.05) is 23.7 Å². The third-order valence-electron chi connectivity index (χ3n) is 4.98. The summed E-state index contributed by atoms with van der Waals surface area (Å²) < 4.78 is 1.86. The first-order chi connectivity index (χ1) is 13.1. The molecule has 1 unspecified atom stereocenters. The van der Waals surface area contributed by atoms with E-state index in [-0.39, 0.29) is 24.3 Å². The van der Waals surface area contributed by atoms with Crippen molar-refractivity contribution in [3.05, 3.63) is 47.5 Å². The predicted octanol–water partition coefficient (Wildman–Crippen LogP) is 1.73. The standard InChI is InChI=1S/C19H23N5O3/c1-14-8-15(11-20-10-14)19(26)22-12-16-4-5-21-24(16)17(13-22)9-18(25)23-6-2-3-7-27-23/h4-5,8,10-11,17H,2-3,6-7,9,12-13H2,1H3. The van der Waals surface area contributed by atoms with Crippen molar-refractivity contribution in [3.8, 4) is 0 Å². The Morgan fingerprint density at radius 2 is 2.19 bits per heavy atom. The molecule has 0 N–H and O–H groups in total. The predicted molar refractivity (Wildman–Crippen MR) is 96.5 cm³/mol. The Kier molecular flexibility index (Phi) is 4.89. The molecule has 2 aliphatic heterocycles. The number of carbonyl (C=O) groups excluding carboxylic acids is 2. The van der Waals surface area contributed by atoms with Gasteiger partial charge in [-0.05, 0) is 37.5 Å². The number of hydrogen-bond donors (Lipinski definition) is 0. The van der Waals surface area contributed by atoms with Crippen molar-refractivity contribution >= 4 is 11.8 Å². The maximum Gasteiger partial charge on any atom is 0.255 e. The molecule has 0 saturated carbocycles. The van der Waals surface area contributed by atoms with Crippen molar-refractivity contribution in [2.45, 2.75) is 38.8 Å². The highest BCUT2D eigenvalue weighted by Crippen LogP contribution is 2.25. The lowest BCUT2D eigenvalue weighted by Crippen LogP contribution is -2.44. The van der Waals surface area contributed by atoms with Crippen LogP contribution in [0.1, 0.15) is 46.9 Å². The lowest BCUT2D eigenvalue weighted by Gasteiger charge is -2.35. The summed E-state index contributed by atoms with van der Waals surface area (Å²) >= 11 is 0. The van der Waals surface area contributed by atoms with Crippen LogP contribution in [0.5, 0.6) is 0 Å². The molecule has 8 nitrogen and oxygen atoms in total. The van der Waals surface area contributed by atoms with Crippen molar-refractivity contribution in [2.75, 3.05) is 19.7 Å². The van der Waals surface area contributed by atoms with Crippen molar-refractivity contribution in [1.29, 1.82) is 0 Å². The van der Waals surface area contributed by atoms with E-state index in [1.54, 1.807) is 23.5 Å². The summed E-state index contributed by atoms with van der Waals surface area (Å²) in [5.74, 6) is -0.141. The second kappa shape index (κ2) is 7.48. The molecule has 2 aromatic heterocycles. The average molecular weight is 369 g/mol. The Morgan fingerprint density at radius 3 is 2.96 bits per heavy atom. The van der Waals surface area contributed by atoms with E-state index < -0.39 is 0 Å². The summed E-state index contributed by atoms with van der Waals surface area (Å²) in [6, 6.07) is 3.52. The fraction of sp³-hybridized carbons (Fsp3) is 0.474. The second-order valence-corrected chi connectivity index (χ2v) is 7.10. The molecule has 1 atom stereocenters. The zero-order valence-electron chi connectivity index (χ0n) is 15.4. The van der Waals surface area contributed by atoms with Crippen LogP contribution >= 0.6 is 0 Å². The van der Waals surface area contributed by atoms with Crippen LogP contribution in [0.2, 0.25) is 0 Å². The van der Waals surface area contributed by atoms with Gasteiger partial charge in [0.2, 0.25) is 5.91 Å². The van der Waals surface area contributed by atoms with Gasteiger partial charge in [-0.3, -0.25) is 24.1 Å². The molecule has 2 amide bonds. The Labute approximate surface area is 157 Å². The largest absolute Gasteiger partial charge is 0.331 e. The number of rotatable bonds is 3. The van der Waals surface area contributed by atoms with E-state index in [2.05, 4.69) is 10.1 Å². The quantitative estimate of drug-likeness (QED) is 0.823. The third-order valence-corrected chi connectivity index (χ3v) is 4.98. The first-order valence-corrected chi connectivity index (χ1v) is 9.28. The molecule has 4 heterocycles. The van der Waals surface area contributed by atoms with Crippen molar-refractivity contribution in [1.82, 2.24) is 24.7 Å². The van der Waals surface area contributed by atoms with E-state index in [4.69, 9.17) is 4.84 Å². The van der Waals surface area contributed by atoms with Gasteiger partial charge in [0.1, 0.15) is 0 Å². The van der Waals surface area contributed by atoms with Crippen molar-refractivity contribution in [2.24, 2.45) is 0 Å². The summed E-state index contributed by atoms with van der Waals surface area (Å²) in [6.07, 6.45) is 7.21. The molecule has 0 aromatic carbocycles. The Balaban J connectivity index is 1.52. The molecule has 0 spiro atoms. The molecule has 2 aromatic rings. The van der Waals surface area contributed by atoms with Crippen LogP contribution in [0.3, 0.4) is 0 Å². The van der Waals surface area contributed by atoms with Gasteiger partial charge in [0.15, 0.2) is 0 Å². The SMILES string of the molecule is Cc1cncc(C(=O)N2Cc3ccnn3C(CC(=O)N3CCCCO3)C2)c1. The van der Waals surface area contributed by atoms with E-state index in [0.29, 0.717) is 31.8 Å². The van der Waals surface area contributed by atoms with Gasteiger partial charge in [-0.15, -0.1) is 0 Å². The molecule has 0 radical (unpaired) electrons. The van der Waals surface area contributed by atoms with Crippen LogP contribution in [0.25, 0.3) is 0 Å². The summed E-state index contributed by atoms with van der Waals surface area (Å²) in [4.78, 5) is 36.9. The van der Waals surface area contributed by atoms with Gasteiger partial charge >= 0.3 is 0 Å². The van der Waals surface area contributed by atoms with E-state index >= 15 is 0 Å². The van der Waals surface area contributed by atoms with Gasteiger partial charge in [0, 0.05) is 31.7 Å².